The molecule has 2 fully saturated rings. The monoisotopic (exact) mass is 303 g/mol. The van der Waals surface area contributed by atoms with Crippen molar-refractivity contribution < 1.29 is 4.74 Å². The molecule has 100 valence electrons. The van der Waals surface area contributed by atoms with Gasteiger partial charge in [-0.15, -0.1) is 0 Å². The van der Waals surface area contributed by atoms with Crippen LogP contribution in [-0.2, 0) is 4.74 Å². The Labute approximate surface area is 114 Å². The molecule has 2 heterocycles. The van der Waals surface area contributed by atoms with Crippen molar-refractivity contribution in [3.05, 3.63) is 0 Å². The Hall–Kier alpha value is 0.400. The van der Waals surface area contributed by atoms with E-state index in [2.05, 4.69) is 34.7 Å². The van der Waals surface area contributed by atoms with Gasteiger partial charge in [-0.25, -0.2) is 0 Å². The second-order valence-electron chi connectivity index (χ2n) is 5.99. The second kappa shape index (κ2) is 6.53. The van der Waals surface area contributed by atoms with Gasteiger partial charge in [0.25, 0.3) is 0 Å². The maximum absolute atomic E-state index is 5.75. The van der Waals surface area contributed by atoms with Crippen molar-refractivity contribution in [2.45, 2.75) is 62.9 Å². The summed E-state index contributed by atoms with van der Waals surface area (Å²) in [5, 5.41) is 0. The lowest BCUT2D eigenvalue weighted by molar-refractivity contribution is 0.0651. The number of hydrogen-bond acceptors (Lipinski definition) is 2. The second-order valence-corrected chi connectivity index (χ2v) is 7.28. The summed E-state index contributed by atoms with van der Waals surface area (Å²) in [6, 6.07) is 1.65. The summed E-state index contributed by atoms with van der Waals surface area (Å²) >= 11 is 3.79. The van der Waals surface area contributed by atoms with Gasteiger partial charge >= 0.3 is 0 Å². The number of fused-ring (bicyclic) bond motifs is 2. The highest BCUT2D eigenvalue weighted by molar-refractivity contribution is 9.09. The number of piperidine rings is 1. The number of rotatable bonds is 6. The predicted octanol–water partition coefficient (Wildman–Crippen LogP) is 3.44. The molecule has 0 N–H and O–H groups in total. The molecule has 0 saturated carbocycles. The van der Waals surface area contributed by atoms with E-state index in [-0.39, 0.29) is 0 Å². The van der Waals surface area contributed by atoms with E-state index in [1.165, 1.54) is 32.1 Å². The zero-order chi connectivity index (χ0) is 12.3. The van der Waals surface area contributed by atoms with Crippen LogP contribution in [0.3, 0.4) is 0 Å². The zero-order valence-electron chi connectivity index (χ0n) is 11.2. The third-order valence-electron chi connectivity index (χ3n) is 4.16. The molecule has 2 bridgehead atoms. The van der Waals surface area contributed by atoms with E-state index in [1.807, 2.05) is 0 Å². The maximum Gasteiger partial charge on any atom is 0.0593 e. The van der Waals surface area contributed by atoms with Crippen molar-refractivity contribution in [2.24, 2.45) is 5.92 Å². The van der Waals surface area contributed by atoms with Crippen LogP contribution in [0, 0.1) is 5.92 Å². The van der Waals surface area contributed by atoms with Crippen LogP contribution < -0.4 is 0 Å². The lowest BCUT2D eigenvalue weighted by Crippen LogP contribution is -2.44. The number of nitrogens with zero attached hydrogens (tertiary/aromatic N) is 1. The topological polar surface area (TPSA) is 12.5 Å². The average Bonchev–Trinajstić information content (AvgIpc) is 2.51. The molecular formula is C14H26BrNO. The van der Waals surface area contributed by atoms with E-state index in [0.29, 0.717) is 0 Å². The first-order chi connectivity index (χ1) is 8.16. The summed E-state index contributed by atoms with van der Waals surface area (Å²) in [6.45, 7) is 7.51. The molecule has 2 aliphatic heterocycles. The summed E-state index contributed by atoms with van der Waals surface area (Å²) in [7, 11) is 0. The van der Waals surface area contributed by atoms with Crippen LogP contribution in [0.25, 0.3) is 0 Å². The van der Waals surface area contributed by atoms with Crippen molar-refractivity contribution in [2.75, 3.05) is 19.8 Å². The maximum atomic E-state index is 5.75. The molecule has 0 amide bonds. The van der Waals surface area contributed by atoms with Gasteiger partial charge in [0.2, 0.25) is 0 Å². The van der Waals surface area contributed by atoms with Crippen LogP contribution in [-0.4, -0.2) is 41.6 Å². The molecule has 0 spiro atoms. The Morgan fingerprint density at radius 1 is 1.18 bits per heavy atom. The smallest absolute Gasteiger partial charge is 0.0593 e. The minimum absolute atomic E-state index is 0.760. The highest BCUT2D eigenvalue weighted by atomic mass is 79.9. The number of halogens is 1. The minimum Gasteiger partial charge on any atom is -0.380 e. The summed E-state index contributed by atoms with van der Waals surface area (Å²) < 4.78 is 5.75. The van der Waals surface area contributed by atoms with E-state index in [1.54, 1.807) is 0 Å². The Balaban J connectivity index is 1.63. The van der Waals surface area contributed by atoms with Crippen molar-refractivity contribution >= 4 is 15.9 Å². The first kappa shape index (κ1) is 13.8. The van der Waals surface area contributed by atoms with Gasteiger partial charge in [-0.2, -0.15) is 0 Å². The third kappa shape index (κ3) is 3.93. The van der Waals surface area contributed by atoms with Gasteiger partial charge in [0.1, 0.15) is 0 Å². The minimum atomic E-state index is 0.760. The Kier molecular flexibility index (Phi) is 5.31. The molecule has 2 unspecified atom stereocenters. The Bertz CT molecular complexity index is 220. The first-order valence-electron chi connectivity index (χ1n) is 7.14. The fraction of sp³-hybridized carbons (Fsp3) is 1.00. The summed E-state index contributed by atoms with van der Waals surface area (Å²) in [4.78, 5) is 3.46. The largest absolute Gasteiger partial charge is 0.380 e. The molecule has 2 saturated heterocycles. The fourth-order valence-electron chi connectivity index (χ4n) is 3.16. The molecule has 0 aliphatic carbocycles. The summed E-state index contributed by atoms with van der Waals surface area (Å²) in [5.41, 5.74) is 0. The Morgan fingerprint density at radius 3 is 2.41 bits per heavy atom. The molecule has 2 atom stereocenters. The van der Waals surface area contributed by atoms with Gasteiger partial charge in [0.05, 0.1) is 6.61 Å². The van der Waals surface area contributed by atoms with E-state index in [0.717, 1.165) is 42.6 Å². The molecule has 3 heteroatoms. The molecule has 2 nitrogen and oxygen atoms in total. The molecule has 0 aromatic heterocycles. The van der Waals surface area contributed by atoms with Gasteiger partial charge in [0.15, 0.2) is 0 Å². The van der Waals surface area contributed by atoms with Crippen LogP contribution in [0.4, 0.5) is 0 Å². The highest BCUT2D eigenvalue weighted by Gasteiger charge is 2.39. The third-order valence-corrected chi connectivity index (χ3v) is 4.91. The predicted molar refractivity (Wildman–Crippen MR) is 75.7 cm³/mol. The lowest BCUT2D eigenvalue weighted by atomic mass is 10.0. The number of ether oxygens (including phenoxy) is 1. The van der Waals surface area contributed by atoms with E-state index in [9.17, 15) is 0 Å². The van der Waals surface area contributed by atoms with E-state index in [4.69, 9.17) is 4.74 Å². The normalized spacial score (nSPS) is 33.5. The molecule has 2 rings (SSSR count). The molecule has 0 aromatic rings. The number of alkyl halides is 1. The van der Waals surface area contributed by atoms with Gasteiger partial charge in [-0.1, -0.05) is 29.8 Å². The van der Waals surface area contributed by atoms with Crippen LogP contribution in [0.1, 0.15) is 46.0 Å². The molecule has 0 radical (unpaired) electrons. The SMILES string of the molecule is CC(C)CCOCCN1C2CCC1CC(Br)C2. The van der Waals surface area contributed by atoms with Crippen molar-refractivity contribution in [1.29, 1.82) is 0 Å². The lowest BCUT2D eigenvalue weighted by Gasteiger charge is -2.37. The quantitative estimate of drug-likeness (QED) is 0.550. The molecule has 2 aliphatic rings. The van der Waals surface area contributed by atoms with Crippen LogP contribution in [0.15, 0.2) is 0 Å². The van der Waals surface area contributed by atoms with E-state index >= 15 is 0 Å². The van der Waals surface area contributed by atoms with Crippen molar-refractivity contribution in [1.82, 2.24) is 4.90 Å². The average molecular weight is 304 g/mol. The van der Waals surface area contributed by atoms with Crippen LogP contribution in [0.5, 0.6) is 0 Å². The van der Waals surface area contributed by atoms with E-state index < -0.39 is 0 Å². The zero-order valence-corrected chi connectivity index (χ0v) is 12.8. The summed E-state index contributed by atoms with van der Waals surface area (Å²) in [5.74, 6) is 0.760. The highest BCUT2D eigenvalue weighted by Crippen LogP contribution is 2.37. The van der Waals surface area contributed by atoms with Crippen LogP contribution in [0.2, 0.25) is 0 Å². The fourth-order valence-corrected chi connectivity index (χ4v) is 4.03. The molecular weight excluding hydrogens is 278 g/mol. The summed E-state index contributed by atoms with van der Waals surface area (Å²) in [6.07, 6.45) is 6.67. The first-order valence-corrected chi connectivity index (χ1v) is 8.06. The molecule has 17 heavy (non-hydrogen) atoms. The van der Waals surface area contributed by atoms with Gasteiger partial charge in [0, 0.05) is 30.1 Å². The number of hydrogen-bond donors (Lipinski definition) is 0. The standard InChI is InChI=1S/C14H26BrNO/c1-11(2)5-7-17-8-6-16-13-3-4-14(16)10-12(15)9-13/h11-14H,3-10H2,1-2H3. The van der Waals surface area contributed by atoms with Gasteiger partial charge < -0.3 is 4.74 Å². The van der Waals surface area contributed by atoms with Crippen LogP contribution >= 0.6 is 15.9 Å². The van der Waals surface area contributed by atoms with Gasteiger partial charge in [-0.3, -0.25) is 4.90 Å². The van der Waals surface area contributed by atoms with Crippen molar-refractivity contribution in [3.63, 3.8) is 0 Å². The van der Waals surface area contributed by atoms with Gasteiger partial charge in [-0.05, 0) is 38.0 Å². The molecule has 0 aromatic carbocycles. The van der Waals surface area contributed by atoms with Crippen molar-refractivity contribution in [3.8, 4) is 0 Å². The Morgan fingerprint density at radius 2 is 1.82 bits per heavy atom.